The van der Waals surface area contributed by atoms with Gasteiger partial charge >= 0.3 is 0 Å². The average molecular weight is 193 g/mol. The lowest BCUT2D eigenvalue weighted by Crippen LogP contribution is -2.10. The van der Waals surface area contributed by atoms with Crippen molar-refractivity contribution >= 4 is 17.4 Å². The molecular formula is C11H15NS. The summed E-state index contributed by atoms with van der Waals surface area (Å²) in [7, 11) is 0. The number of isothiocyanates is 1. The lowest BCUT2D eigenvalue weighted by Gasteiger charge is -2.18. The Morgan fingerprint density at radius 3 is 1.77 bits per heavy atom. The maximum absolute atomic E-state index is 5.77. The van der Waals surface area contributed by atoms with E-state index >= 15 is 0 Å². The maximum Gasteiger partial charge on any atom is 0.0554 e. The van der Waals surface area contributed by atoms with Crippen molar-refractivity contribution in [1.82, 2.24) is 0 Å². The van der Waals surface area contributed by atoms with E-state index in [0.29, 0.717) is 5.41 Å². The molecule has 1 aromatic carbocycles. The summed E-state index contributed by atoms with van der Waals surface area (Å²) in [4.78, 5) is 0. The van der Waals surface area contributed by atoms with Crippen LogP contribution in [0.5, 0.6) is 0 Å². The van der Waals surface area contributed by atoms with Gasteiger partial charge in [-0.05, 0) is 23.2 Å². The summed E-state index contributed by atoms with van der Waals surface area (Å²) in [6.45, 7) is 6.67. The third-order valence-corrected chi connectivity index (χ3v) is 1.64. The fraction of sp³-hybridized carbons (Fsp3) is 0.364. The molecule has 0 aliphatic heterocycles. The summed E-state index contributed by atoms with van der Waals surface area (Å²) in [6.07, 6.45) is 0. The van der Waals surface area contributed by atoms with E-state index in [1.807, 2.05) is 0 Å². The number of nitrogens with one attached hydrogen (secondary N) is 1. The summed E-state index contributed by atoms with van der Waals surface area (Å²) in [5.41, 5.74) is 1.69. The molecule has 0 atom stereocenters. The monoisotopic (exact) mass is 193 g/mol. The first-order valence-corrected chi connectivity index (χ1v) is 4.52. The fourth-order valence-electron chi connectivity index (χ4n) is 0.938. The number of hydrogen-bond donors (Lipinski definition) is 1. The van der Waals surface area contributed by atoms with E-state index in [-0.39, 0.29) is 0 Å². The van der Waals surface area contributed by atoms with Crippen molar-refractivity contribution in [2.75, 3.05) is 0 Å². The van der Waals surface area contributed by atoms with Crippen LogP contribution in [0.15, 0.2) is 30.3 Å². The van der Waals surface area contributed by atoms with Gasteiger partial charge in [0, 0.05) is 0 Å². The van der Waals surface area contributed by atoms with Crippen molar-refractivity contribution in [1.29, 1.82) is 5.41 Å². The first-order valence-electron chi connectivity index (χ1n) is 4.11. The molecule has 0 heterocycles. The summed E-state index contributed by atoms with van der Waals surface area (Å²) in [5.74, 6) is 0. The van der Waals surface area contributed by atoms with Crippen LogP contribution in [0.4, 0.5) is 0 Å². The van der Waals surface area contributed by atoms with Gasteiger partial charge in [0.05, 0.1) is 5.16 Å². The van der Waals surface area contributed by atoms with Crippen molar-refractivity contribution in [2.45, 2.75) is 26.2 Å². The quantitative estimate of drug-likeness (QED) is 0.493. The third kappa shape index (κ3) is 5.29. The molecule has 2 heteroatoms. The van der Waals surface area contributed by atoms with Crippen LogP contribution in [-0.2, 0) is 5.41 Å². The zero-order valence-corrected chi connectivity index (χ0v) is 9.11. The van der Waals surface area contributed by atoms with Gasteiger partial charge in [-0.25, -0.2) is 5.41 Å². The number of rotatable bonds is 0. The Balaban J connectivity index is 0.000000424. The summed E-state index contributed by atoms with van der Waals surface area (Å²) in [5, 5.41) is 7.36. The predicted molar refractivity (Wildman–Crippen MR) is 60.5 cm³/mol. The van der Waals surface area contributed by atoms with Crippen molar-refractivity contribution < 1.29 is 0 Å². The maximum atomic E-state index is 5.77. The standard InChI is InChI=1S/C10H14.CHNS/c1-10(2,3)9-7-5-4-6-8-9;2-1-3/h4-8H,1-3H3;2H. The fourth-order valence-corrected chi connectivity index (χ4v) is 0.938. The SMILES string of the molecule is CC(C)(C)c1ccccc1.N=C=S. The first kappa shape index (κ1) is 12.0. The average Bonchev–Trinajstić information content (AvgIpc) is 2.06. The van der Waals surface area contributed by atoms with E-state index in [2.05, 4.69) is 63.3 Å². The number of hydrogen-bond acceptors (Lipinski definition) is 2. The lowest BCUT2D eigenvalue weighted by atomic mass is 9.87. The number of benzene rings is 1. The Kier molecular flexibility index (Phi) is 5.20. The smallest absolute Gasteiger partial charge is 0.0554 e. The van der Waals surface area contributed by atoms with E-state index in [9.17, 15) is 0 Å². The Hall–Kier alpha value is -0.980. The van der Waals surface area contributed by atoms with Crippen LogP contribution in [0.1, 0.15) is 26.3 Å². The van der Waals surface area contributed by atoms with Crippen LogP contribution in [-0.4, -0.2) is 5.16 Å². The molecule has 0 amide bonds. The van der Waals surface area contributed by atoms with Crippen LogP contribution in [0.3, 0.4) is 0 Å². The van der Waals surface area contributed by atoms with Gasteiger partial charge in [0.1, 0.15) is 0 Å². The van der Waals surface area contributed by atoms with Crippen LogP contribution in [0, 0.1) is 5.41 Å². The molecule has 70 valence electrons. The third-order valence-electron chi connectivity index (χ3n) is 1.64. The highest BCUT2D eigenvalue weighted by Crippen LogP contribution is 2.20. The second-order valence-corrected chi connectivity index (χ2v) is 3.92. The Labute approximate surface area is 85.3 Å². The van der Waals surface area contributed by atoms with E-state index in [0.717, 1.165) is 0 Å². The molecule has 0 aliphatic carbocycles. The highest BCUT2D eigenvalue weighted by molar-refractivity contribution is 7.78. The first-order chi connectivity index (χ1) is 6.02. The lowest BCUT2D eigenvalue weighted by molar-refractivity contribution is 0.590. The second-order valence-electron chi connectivity index (χ2n) is 3.72. The molecule has 1 N–H and O–H groups in total. The summed E-state index contributed by atoms with van der Waals surface area (Å²) >= 11 is 3.81. The topological polar surface area (TPSA) is 23.9 Å². The van der Waals surface area contributed by atoms with Crippen molar-refractivity contribution in [3.8, 4) is 0 Å². The molecule has 0 aliphatic rings. The largest absolute Gasteiger partial charge is 0.248 e. The highest BCUT2D eigenvalue weighted by atomic mass is 32.1. The van der Waals surface area contributed by atoms with Crippen molar-refractivity contribution in [2.24, 2.45) is 0 Å². The minimum Gasteiger partial charge on any atom is -0.248 e. The molecule has 1 rings (SSSR count). The van der Waals surface area contributed by atoms with Crippen LogP contribution >= 0.6 is 12.2 Å². The van der Waals surface area contributed by atoms with Crippen LogP contribution in [0.2, 0.25) is 0 Å². The van der Waals surface area contributed by atoms with Gasteiger partial charge in [-0.2, -0.15) is 0 Å². The normalized spacial score (nSPS) is 9.46. The van der Waals surface area contributed by atoms with Gasteiger partial charge in [-0.1, -0.05) is 51.1 Å². The van der Waals surface area contributed by atoms with E-state index < -0.39 is 0 Å². The zero-order chi connectivity index (χ0) is 10.3. The molecule has 0 fully saturated rings. The molecule has 13 heavy (non-hydrogen) atoms. The van der Waals surface area contributed by atoms with Gasteiger partial charge in [-0.15, -0.1) is 0 Å². The molecule has 0 aromatic heterocycles. The molecule has 0 bridgehead atoms. The molecule has 0 radical (unpaired) electrons. The van der Waals surface area contributed by atoms with Crippen molar-refractivity contribution in [3.63, 3.8) is 0 Å². The second kappa shape index (κ2) is 5.63. The molecular weight excluding hydrogens is 178 g/mol. The van der Waals surface area contributed by atoms with E-state index in [1.54, 1.807) is 5.16 Å². The molecule has 0 saturated carbocycles. The van der Waals surface area contributed by atoms with Crippen LogP contribution < -0.4 is 0 Å². The summed E-state index contributed by atoms with van der Waals surface area (Å²) < 4.78 is 0. The van der Waals surface area contributed by atoms with Gasteiger partial charge < -0.3 is 0 Å². The Bertz CT molecular complexity index is 266. The minimum atomic E-state index is 0.293. The minimum absolute atomic E-state index is 0.293. The van der Waals surface area contributed by atoms with Gasteiger partial charge in [0.15, 0.2) is 0 Å². The Morgan fingerprint density at radius 2 is 1.54 bits per heavy atom. The molecule has 0 unspecified atom stereocenters. The Morgan fingerprint density at radius 1 is 1.15 bits per heavy atom. The molecule has 1 nitrogen and oxygen atoms in total. The highest BCUT2D eigenvalue weighted by Gasteiger charge is 2.11. The van der Waals surface area contributed by atoms with Crippen LogP contribution in [0.25, 0.3) is 0 Å². The summed E-state index contributed by atoms with van der Waals surface area (Å²) in [6, 6.07) is 10.6. The predicted octanol–water partition coefficient (Wildman–Crippen LogP) is 3.65. The zero-order valence-electron chi connectivity index (χ0n) is 8.29. The van der Waals surface area contributed by atoms with Gasteiger partial charge in [0.2, 0.25) is 0 Å². The van der Waals surface area contributed by atoms with Gasteiger partial charge in [-0.3, -0.25) is 0 Å². The van der Waals surface area contributed by atoms with Crippen molar-refractivity contribution in [3.05, 3.63) is 35.9 Å². The van der Waals surface area contributed by atoms with E-state index in [4.69, 9.17) is 5.41 Å². The number of thiocarbonyl (C=S) groups is 1. The molecule has 0 spiro atoms. The van der Waals surface area contributed by atoms with Gasteiger partial charge in [0.25, 0.3) is 0 Å². The van der Waals surface area contributed by atoms with E-state index in [1.165, 1.54) is 5.56 Å². The molecule has 1 aromatic rings. The molecule has 0 saturated heterocycles.